The zero-order chi connectivity index (χ0) is 13.9. The Morgan fingerprint density at radius 2 is 1.95 bits per heavy atom. The highest BCUT2D eigenvalue weighted by molar-refractivity contribution is 5.31. The van der Waals surface area contributed by atoms with Gasteiger partial charge in [-0.2, -0.15) is 0 Å². The first kappa shape index (κ1) is 13.3. The fraction of sp³-hybridized carbons (Fsp3) is 0.412. The molecule has 0 saturated heterocycles. The molecule has 0 spiro atoms. The van der Waals surface area contributed by atoms with Gasteiger partial charge >= 0.3 is 0 Å². The molecule has 20 heavy (non-hydrogen) atoms. The lowest BCUT2D eigenvalue weighted by Gasteiger charge is -2.37. The van der Waals surface area contributed by atoms with Crippen LogP contribution in [0, 0.1) is 0 Å². The third-order valence-corrected chi connectivity index (χ3v) is 4.18. The predicted molar refractivity (Wildman–Crippen MR) is 79.0 cm³/mol. The number of furan rings is 1. The zero-order valence-corrected chi connectivity index (χ0v) is 12.0. The van der Waals surface area contributed by atoms with E-state index in [0.717, 1.165) is 11.5 Å². The van der Waals surface area contributed by atoms with Gasteiger partial charge in [-0.05, 0) is 55.5 Å². The smallest absolute Gasteiger partial charge is 0.120 e. The van der Waals surface area contributed by atoms with Gasteiger partial charge in [0.25, 0.3) is 0 Å². The van der Waals surface area contributed by atoms with Gasteiger partial charge in [0.15, 0.2) is 0 Å². The minimum absolute atomic E-state index is 0.284. The molecule has 0 amide bonds. The molecule has 1 saturated carbocycles. The van der Waals surface area contributed by atoms with Crippen LogP contribution in [-0.2, 0) is 0 Å². The molecule has 0 radical (unpaired) electrons. The van der Waals surface area contributed by atoms with E-state index in [0.29, 0.717) is 12.0 Å². The Hall–Kier alpha value is -1.74. The Kier molecular flexibility index (Phi) is 3.79. The summed E-state index contributed by atoms with van der Waals surface area (Å²) in [6, 6.07) is 13.3. The van der Waals surface area contributed by atoms with Crippen LogP contribution in [0.3, 0.4) is 0 Å². The molecule has 0 aliphatic heterocycles. The molecule has 1 aromatic heterocycles. The van der Waals surface area contributed by atoms with Crippen LogP contribution >= 0.6 is 0 Å². The van der Waals surface area contributed by atoms with Crippen molar-refractivity contribution in [2.75, 3.05) is 7.11 Å². The summed E-state index contributed by atoms with van der Waals surface area (Å²) in [7, 11) is 1.70. The number of hydrogen-bond donors (Lipinski definition) is 1. The summed E-state index contributed by atoms with van der Waals surface area (Å²) in [4.78, 5) is 0. The van der Waals surface area contributed by atoms with Crippen LogP contribution in [-0.4, -0.2) is 13.2 Å². The molecule has 1 atom stereocenters. The summed E-state index contributed by atoms with van der Waals surface area (Å²) in [5.74, 6) is 2.61. The summed E-state index contributed by atoms with van der Waals surface area (Å²) in [5.41, 5.74) is 1.41. The number of rotatable bonds is 5. The topological polar surface area (TPSA) is 34.4 Å². The van der Waals surface area contributed by atoms with Gasteiger partial charge in [0.05, 0.1) is 19.4 Å². The second-order valence-corrected chi connectivity index (χ2v) is 5.54. The quantitative estimate of drug-likeness (QED) is 0.896. The lowest BCUT2D eigenvalue weighted by Crippen LogP contribution is -2.41. The minimum atomic E-state index is 0.284. The van der Waals surface area contributed by atoms with Crippen molar-refractivity contribution in [1.82, 2.24) is 5.32 Å². The lowest BCUT2D eigenvalue weighted by molar-refractivity contribution is 0.258. The highest BCUT2D eigenvalue weighted by atomic mass is 16.5. The second-order valence-electron chi connectivity index (χ2n) is 5.54. The largest absolute Gasteiger partial charge is 0.497 e. The lowest BCUT2D eigenvalue weighted by atomic mass is 9.75. The molecule has 1 N–H and O–H groups in total. The van der Waals surface area contributed by atoms with Crippen molar-refractivity contribution in [2.24, 2.45) is 0 Å². The van der Waals surface area contributed by atoms with Crippen LogP contribution in [0.15, 0.2) is 47.1 Å². The number of nitrogens with one attached hydrogen (secondary N) is 1. The van der Waals surface area contributed by atoms with E-state index in [2.05, 4.69) is 24.4 Å². The minimum Gasteiger partial charge on any atom is -0.497 e. The van der Waals surface area contributed by atoms with Gasteiger partial charge in [-0.1, -0.05) is 12.1 Å². The molecule has 3 heteroatoms. The summed E-state index contributed by atoms with van der Waals surface area (Å²) in [6.45, 7) is 2.15. The van der Waals surface area contributed by atoms with Crippen LogP contribution in [0.4, 0.5) is 0 Å². The van der Waals surface area contributed by atoms with Crippen molar-refractivity contribution in [2.45, 2.75) is 37.8 Å². The van der Waals surface area contributed by atoms with E-state index in [1.165, 1.54) is 18.4 Å². The fourth-order valence-corrected chi connectivity index (χ4v) is 2.88. The summed E-state index contributed by atoms with van der Waals surface area (Å²) in [6.07, 6.45) is 4.11. The highest BCUT2D eigenvalue weighted by Crippen LogP contribution is 2.38. The van der Waals surface area contributed by atoms with Gasteiger partial charge in [-0.25, -0.2) is 0 Å². The average Bonchev–Trinajstić information content (AvgIpc) is 2.96. The molecule has 1 unspecified atom stereocenters. The molecule has 1 aliphatic carbocycles. The average molecular weight is 271 g/mol. The maximum absolute atomic E-state index is 5.43. The normalized spacial score (nSPS) is 23.1. The maximum atomic E-state index is 5.43. The van der Waals surface area contributed by atoms with Crippen LogP contribution in [0.2, 0.25) is 0 Å². The molecule has 1 fully saturated rings. The van der Waals surface area contributed by atoms with Crippen molar-refractivity contribution >= 4 is 0 Å². The Labute approximate surface area is 119 Å². The zero-order valence-electron chi connectivity index (χ0n) is 12.0. The van der Waals surface area contributed by atoms with Gasteiger partial charge in [0.2, 0.25) is 0 Å². The van der Waals surface area contributed by atoms with Crippen LogP contribution < -0.4 is 10.1 Å². The van der Waals surface area contributed by atoms with Crippen LogP contribution in [0.25, 0.3) is 0 Å². The first-order valence-electron chi connectivity index (χ1n) is 7.19. The van der Waals surface area contributed by atoms with E-state index in [-0.39, 0.29) is 6.04 Å². The molecular weight excluding hydrogens is 250 g/mol. The molecule has 1 aliphatic rings. The summed E-state index contributed by atoms with van der Waals surface area (Å²) >= 11 is 0. The molecule has 106 valence electrons. The second kappa shape index (κ2) is 5.71. The first-order chi connectivity index (χ1) is 9.76. The Balaban J connectivity index is 1.50. The number of methoxy groups -OCH3 is 1. The van der Waals surface area contributed by atoms with E-state index >= 15 is 0 Å². The number of hydrogen-bond acceptors (Lipinski definition) is 3. The highest BCUT2D eigenvalue weighted by Gasteiger charge is 2.31. The summed E-state index contributed by atoms with van der Waals surface area (Å²) < 4.78 is 10.6. The number of ether oxygens (including phenoxy) is 1. The Bertz CT molecular complexity index is 527. The van der Waals surface area contributed by atoms with Crippen molar-refractivity contribution < 1.29 is 9.15 Å². The van der Waals surface area contributed by atoms with Crippen molar-refractivity contribution in [3.05, 3.63) is 54.0 Å². The first-order valence-corrected chi connectivity index (χ1v) is 7.19. The van der Waals surface area contributed by atoms with Gasteiger partial charge in [-0.3, -0.25) is 0 Å². The van der Waals surface area contributed by atoms with Gasteiger partial charge in [-0.15, -0.1) is 0 Å². The summed E-state index contributed by atoms with van der Waals surface area (Å²) in [5, 5.41) is 3.62. The molecule has 1 aromatic carbocycles. The third kappa shape index (κ3) is 2.73. The molecule has 1 heterocycles. The molecule has 3 rings (SSSR count). The Morgan fingerprint density at radius 1 is 1.20 bits per heavy atom. The maximum Gasteiger partial charge on any atom is 0.120 e. The van der Waals surface area contributed by atoms with E-state index < -0.39 is 0 Å². The van der Waals surface area contributed by atoms with Crippen LogP contribution in [0.1, 0.15) is 43.0 Å². The fourth-order valence-electron chi connectivity index (χ4n) is 2.88. The van der Waals surface area contributed by atoms with E-state index in [4.69, 9.17) is 9.15 Å². The third-order valence-electron chi connectivity index (χ3n) is 4.18. The van der Waals surface area contributed by atoms with Gasteiger partial charge in [0, 0.05) is 6.04 Å². The predicted octanol–water partition coefficient (Wildman–Crippen LogP) is 3.89. The van der Waals surface area contributed by atoms with Crippen LogP contribution in [0.5, 0.6) is 5.75 Å². The van der Waals surface area contributed by atoms with Crippen molar-refractivity contribution in [3.8, 4) is 5.75 Å². The molecule has 2 aromatic rings. The molecule has 3 nitrogen and oxygen atoms in total. The van der Waals surface area contributed by atoms with E-state index in [9.17, 15) is 0 Å². The standard InChI is InChI=1S/C17H21NO2/c1-12(17-4-3-9-20-17)18-15-10-14(11-15)13-5-7-16(19-2)8-6-13/h3-9,12,14-15,18H,10-11H2,1-2H3. The van der Waals surface area contributed by atoms with Gasteiger partial charge < -0.3 is 14.5 Å². The van der Waals surface area contributed by atoms with Crippen molar-refractivity contribution in [1.29, 1.82) is 0 Å². The van der Waals surface area contributed by atoms with E-state index in [1.54, 1.807) is 13.4 Å². The van der Waals surface area contributed by atoms with E-state index in [1.807, 2.05) is 24.3 Å². The SMILES string of the molecule is COc1ccc(C2CC(NC(C)c3ccco3)C2)cc1. The number of benzene rings is 1. The molecular formula is C17H21NO2. The van der Waals surface area contributed by atoms with Gasteiger partial charge in [0.1, 0.15) is 11.5 Å². The van der Waals surface area contributed by atoms with Crippen molar-refractivity contribution in [3.63, 3.8) is 0 Å². The molecule has 0 bridgehead atoms. The Morgan fingerprint density at radius 3 is 2.55 bits per heavy atom. The monoisotopic (exact) mass is 271 g/mol.